The molecule has 10 nitrogen and oxygen atoms in total. The van der Waals surface area contributed by atoms with Crippen molar-refractivity contribution in [3.63, 3.8) is 0 Å². The summed E-state index contributed by atoms with van der Waals surface area (Å²) in [5.41, 5.74) is -1.04. The number of amides is 4. The molecule has 1 aliphatic carbocycles. The maximum absolute atomic E-state index is 13.5. The molecule has 4 amide bonds. The van der Waals surface area contributed by atoms with E-state index in [1.807, 2.05) is 0 Å². The summed E-state index contributed by atoms with van der Waals surface area (Å²) in [6.45, 7) is -1.03. The average Bonchev–Trinajstić information content (AvgIpc) is 2.94. The topological polar surface area (TPSA) is 143 Å². The van der Waals surface area contributed by atoms with Crippen LogP contribution >= 0.6 is 18.8 Å². The van der Waals surface area contributed by atoms with Crippen molar-refractivity contribution in [2.45, 2.75) is 82.8 Å². The van der Waals surface area contributed by atoms with Crippen LogP contribution in [0.1, 0.15) is 71.1 Å². The van der Waals surface area contributed by atoms with Gasteiger partial charge in [0.2, 0.25) is 23.6 Å². The van der Waals surface area contributed by atoms with Crippen molar-refractivity contribution in [3.05, 3.63) is 0 Å². The van der Waals surface area contributed by atoms with Gasteiger partial charge in [-0.3, -0.25) is 23.7 Å². The van der Waals surface area contributed by atoms with E-state index >= 15 is 0 Å². The molecule has 0 aromatic carbocycles. The van der Waals surface area contributed by atoms with E-state index in [1.165, 1.54) is 0 Å². The van der Waals surface area contributed by atoms with Gasteiger partial charge in [0.15, 0.2) is 0 Å². The zero-order valence-corrected chi connectivity index (χ0v) is 24.9. The molecule has 0 aliphatic heterocycles. The van der Waals surface area contributed by atoms with Gasteiger partial charge in [0.05, 0.1) is 25.7 Å². The highest BCUT2D eigenvalue weighted by molar-refractivity contribution is 8.46. The van der Waals surface area contributed by atoms with Crippen molar-refractivity contribution in [2.24, 2.45) is 5.92 Å². The third-order valence-corrected chi connectivity index (χ3v) is 9.36. The standard InChI is InChI=1S/C28H41N4O6PS/c1-5-19-29-24(33)13-16-28(17-14-25(34)30-20-6-2,18-15-26(35)31-21-7-3)32-27(36)22-9-11-23(12-10-22)38-39(37,40)8-4/h1-3,22-23H,8-21H2,4H3,(H,29,33)(H,30,34)(H,31,35)(H,32,36)(H,37,40)/t22-,23+,39?. The predicted molar refractivity (Wildman–Crippen MR) is 158 cm³/mol. The lowest BCUT2D eigenvalue weighted by Crippen LogP contribution is -2.52. The Morgan fingerprint density at radius 2 is 1.23 bits per heavy atom. The number of carbonyl (C=O) groups excluding carboxylic acids is 4. The number of hydrogen-bond donors (Lipinski definition) is 5. The molecule has 1 saturated carbocycles. The molecular weight excluding hydrogens is 551 g/mol. The number of carbonyl (C=O) groups is 4. The molecule has 1 rings (SSSR count). The number of rotatable bonds is 17. The molecule has 4 N–H and O–H groups in total. The summed E-state index contributed by atoms with van der Waals surface area (Å²) < 4.78 is 17.9. The van der Waals surface area contributed by atoms with Crippen LogP contribution in [-0.4, -0.2) is 61.1 Å². The Morgan fingerprint density at radius 3 is 1.57 bits per heavy atom. The molecule has 0 radical (unpaired) electrons. The molecule has 0 bridgehead atoms. The highest BCUT2D eigenvalue weighted by atomic mass is 32.7. The highest BCUT2D eigenvalue weighted by Crippen LogP contribution is 2.53. The smallest absolute Gasteiger partial charge is 0.254 e. The van der Waals surface area contributed by atoms with Crippen LogP contribution in [0, 0.1) is 42.9 Å². The minimum atomic E-state index is -2.96. The first kappa shape index (κ1) is 35.1. The number of nitrogens with one attached hydrogen (secondary N) is 4. The zero-order chi connectivity index (χ0) is 30.0. The first-order valence-electron chi connectivity index (χ1n) is 13.4. The normalized spacial score (nSPS) is 18.1. The van der Waals surface area contributed by atoms with E-state index in [0.29, 0.717) is 31.8 Å². The van der Waals surface area contributed by atoms with Crippen LogP contribution in [0.2, 0.25) is 0 Å². The first-order valence-corrected chi connectivity index (χ1v) is 16.4. The molecular formula is C28H41N4O6PS. The van der Waals surface area contributed by atoms with Gasteiger partial charge in [0.25, 0.3) is 6.57 Å². The van der Waals surface area contributed by atoms with E-state index in [-0.39, 0.29) is 93.8 Å². The van der Waals surface area contributed by atoms with Crippen LogP contribution in [-0.2, 0) is 28.3 Å². The molecule has 0 aromatic rings. The summed E-state index contributed by atoms with van der Waals surface area (Å²) in [4.78, 5) is 50.7. The van der Waals surface area contributed by atoms with Gasteiger partial charge in [0.1, 0.15) is 0 Å². The van der Waals surface area contributed by atoms with Gasteiger partial charge in [-0.05, 0) is 44.9 Å². The largest absolute Gasteiger partial charge is 0.350 e. The second-order valence-electron chi connectivity index (χ2n) is 9.74. The third kappa shape index (κ3) is 13.9. The van der Waals surface area contributed by atoms with Crippen LogP contribution in [0.5, 0.6) is 0 Å². The molecule has 0 spiro atoms. The van der Waals surface area contributed by atoms with E-state index < -0.39 is 12.1 Å². The highest BCUT2D eigenvalue weighted by Gasteiger charge is 2.37. The summed E-state index contributed by atoms with van der Waals surface area (Å²) in [7, 11) is 0. The lowest BCUT2D eigenvalue weighted by molar-refractivity contribution is -0.131. The van der Waals surface area contributed by atoms with E-state index in [4.69, 9.17) is 23.8 Å². The van der Waals surface area contributed by atoms with Crippen molar-refractivity contribution in [1.29, 1.82) is 0 Å². The van der Waals surface area contributed by atoms with Crippen molar-refractivity contribution in [1.82, 2.24) is 21.3 Å². The minimum Gasteiger partial charge on any atom is -0.350 e. The van der Waals surface area contributed by atoms with E-state index in [1.54, 1.807) is 6.92 Å². The predicted octanol–water partition coefficient (Wildman–Crippen LogP) is 2.15. The molecule has 1 atom stereocenters. The fraction of sp³-hybridized carbons (Fsp3) is 0.643. The second-order valence-corrected chi connectivity index (χ2v) is 13.7. The van der Waals surface area contributed by atoms with E-state index in [9.17, 15) is 23.7 Å². The number of thiol groups is 1. The number of hydrogen-bond acceptors (Lipinski definition) is 6. The summed E-state index contributed by atoms with van der Waals surface area (Å²) in [5.74, 6) is 5.50. The lowest BCUT2D eigenvalue weighted by Gasteiger charge is -2.37. The summed E-state index contributed by atoms with van der Waals surface area (Å²) in [5, 5.41) is 10.9. The molecule has 1 aliphatic rings. The van der Waals surface area contributed by atoms with Crippen molar-refractivity contribution >= 4 is 42.4 Å². The molecule has 220 valence electrons. The molecule has 40 heavy (non-hydrogen) atoms. The molecule has 12 heteroatoms. The molecule has 1 fully saturated rings. The van der Waals surface area contributed by atoms with Gasteiger partial charge in [-0.2, -0.15) is 0 Å². The third-order valence-electron chi connectivity index (χ3n) is 6.80. The summed E-state index contributed by atoms with van der Waals surface area (Å²) in [6, 6.07) is 0. The van der Waals surface area contributed by atoms with E-state index in [0.717, 1.165) is 0 Å². The minimum absolute atomic E-state index is 0.0226. The van der Waals surface area contributed by atoms with Crippen LogP contribution in [0.25, 0.3) is 0 Å². The van der Waals surface area contributed by atoms with Crippen LogP contribution in [0.3, 0.4) is 0 Å². The van der Waals surface area contributed by atoms with Gasteiger partial charge in [-0.15, -0.1) is 19.3 Å². The Kier molecular flexibility index (Phi) is 16.2. The summed E-state index contributed by atoms with van der Waals surface area (Å²) >= 11 is 4.12. The number of terminal acetylenes is 3. The molecule has 0 saturated heterocycles. The zero-order valence-electron chi connectivity index (χ0n) is 23.1. The summed E-state index contributed by atoms with van der Waals surface area (Å²) in [6.07, 6.45) is 18.5. The average molecular weight is 593 g/mol. The van der Waals surface area contributed by atoms with Crippen LogP contribution in [0.15, 0.2) is 0 Å². The van der Waals surface area contributed by atoms with Crippen LogP contribution in [0.4, 0.5) is 0 Å². The van der Waals surface area contributed by atoms with E-state index in [2.05, 4.69) is 51.3 Å². The van der Waals surface area contributed by atoms with Crippen LogP contribution < -0.4 is 21.3 Å². The SMILES string of the molecule is C#CCNC(=O)CCC(CCC(=O)NCC#C)(CCC(=O)NCC#C)NC(=O)[C@H]1CC[C@@H](OP(=O)(S)CC)CC1. The van der Waals surface area contributed by atoms with Gasteiger partial charge in [0, 0.05) is 36.9 Å². The Morgan fingerprint density at radius 1 is 0.825 bits per heavy atom. The Labute approximate surface area is 243 Å². The quantitative estimate of drug-likeness (QED) is 0.0996. The van der Waals surface area contributed by atoms with Gasteiger partial charge in [-0.25, -0.2) is 0 Å². The molecule has 1 unspecified atom stereocenters. The van der Waals surface area contributed by atoms with Gasteiger partial charge >= 0.3 is 0 Å². The van der Waals surface area contributed by atoms with Gasteiger partial charge < -0.3 is 25.8 Å². The molecule has 0 aromatic heterocycles. The van der Waals surface area contributed by atoms with Crippen molar-refractivity contribution in [2.75, 3.05) is 25.8 Å². The molecule has 0 heterocycles. The second kappa shape index (κ2) is 18.4. The lowest BCUT2D eigenvalue weighted by atomic mass is 9.81. The maximum atomic E-state index is 13.5. The van der Waals surface area contributed by atoms with Crippen molar-refractivity contribution in [3.8, 4) is 37.0 Å². The van der Waals surface area contributed by atoms with Gasteiger partial charge in [-0.1, -0.05) is 36.9 Å². The Hall–Kier alpha value is -2.90. The first-order chi connectivity index (χ1) is 19.0. The fourth-order valence-corrected chi connectivity index (χ4v) is 5.66. The Bertz CT molecular complexity index is 969. The van der Waals surface area contributed by atoms with Crippen molar-refractivity contribution < 1.29 is 28.3 Å². The monoisotopic (exact) mass is 592 g/mol. The fourth-order valence-electron chi connectivity index (χ4n) is 4.44. The maximum Gasteiger partial charge on any atom is 0.254 e. The Balaban J connectivity index is 3.09.